The summed E-state index contributed by atoms with van der Waals surface area (Å²) in [4.78, 5) is 23.7. The minimum absolute atomic E-state index is 0.133. The number of aliphatic imine (C=N–C) groups is 1. The number of guanidine groups is 1. The molecule has 0 radical (unpaired) electrons. The molecule has 0 bridgehead atoms. The van der Waals surface area contributed by atoms with Crippen LogP contribution in [0.3, 0.4) is 0 Å². The van der Waals surface area contributed by atoms with Crippen molar-refractivity contribution in [2.24, 2.45) is 10.7 Å². The second kappa shape index (κ2) is 6.43. The number of amides is 1. The fourth-order valence-corrected chi connectivity index (χ4v) is 4.71. The van der Waals surface area contributed by atoms with Crippen molar-refractivity contribution in [3.63, 3.8) is 0 Å². The largest absolute Gasteiger partial charge is 0.487 e. The lowest BCUT2D eigenvalue weighted by atomic mass is 9.73. The number of carbonyl (C=O) groups is 1. The van der Waals surface area contributed by atoms with Gasteiger partial charge in [0.15, 0.2) is 11.5 Å². The molecule has 8 heteroatoms. The third kappa shape index (κ3) is 2.80. The van der Waals surface area contributed by atoms with Crippen LogP contribution in [0.25, 0.3) is 11.1 Å². The molecule has 2 spiro atoms. The maximum absolute atomic E-state index is 13.4. The summed E-state index contributed by atoms with van der Waals surface area (Å²) in [5, 5.41) is 0.547. The Labute approximate surface area is 173 Å². The third-order valence-electron chi connectivity index (χ3n) is 6.08. The van der Waals surface area contributed by atoms with Gasteiger partial charge in [0.2, 0.25) is 0 Å². The van der Waals surface area contributed by atoms with Crippen molar-refractivity contribution in [2.75, 3.05) is 20.3 Å². The standard InChI is InChI=1S/C21H21ClN4O3/c1-26-18(27)21(25-19(26)23)12-20(4-6-28-7-5-20)29-17-3-2-13(9-16(17)21)14-8-15(22)11-24-10-14/h2-3,8-11H,4-7,12H2,1H3,(H2,23,25). The van der Waals surface area contributed by atoms with Gasteiger partial charge in [0, 0.05) is 49.8 Å². The number of hydrogen-bond acceptors (Lipinski definition) is 6. The molecule has 2 aromatic rings. The van der Waals surface area contributed by atoms with E-state index in [-0.39, 0.29) is 11.9 Å². The number of halogens is 1. The minimum atomic E-state index is -1.09. The van der Waals surface area contributed by atoms with Crippen molar-refractivity contribution in [2.45, 2.75) is 30.4 Å². The zero-order valence-electron chi connectivity index (χ0n) is 16.0. The van der Waals surface area contributed by atoms with Crippen LogP contribution >= 0.6 is 11.6 Å². The minimum Gasteiger partial charge on any atom is -0.487 e. The van der Waals surface area contributed by atoms with Gasteiger partial charge in [-0.25, -0.2) is 4.99 Å². The van der Waals surface area contributed by atoms with Gasteiger partial charge in [0.25, 0.3) is 5.91 Å². The Morgan fingerprint density at radius 2 is 1.97 bits per heavy atom. The number of aromatic nitrogens is 1. The van der Waals surface area contributed by atoms with E-state index < -0.39 is 11.1 Å². The van der Waals surface area contributed by atoms with Gasteiger partial charge in [0.05, 0.1) is 18.2 Å². The van der Waals surface area contributed by atoms with Gasteiger partial charge in [-0.2, -0.15) is 0 Å². The van der Waals surface area contributed by atoms with Crippen LogP contribution in [0.4, 0.5) is 0 Å². The van der Waals surface area contributed by atoms with E-state index in [4.69, 9.17) is 31.8 Å². The number of carbonyl (C=O) groups excluding carboxylic acids is 1. The lowest BCUT2D eigenvalue weighted by Crippen LogP contribution is -2.53. The predicted molar refractivity (Wildman–Crippen MR) is 109 cm³/mol. The molecule has 1 unspecified atom stereocenters. The molecule has 1 amide bonds. The molecule has 3 aliphatic rings. The van der Waals surface area contributed by atoms with E-state index in [2.05, 4.69) is 4.98 Å². The predicted octanol–water partition coefficient (Wildman–Crippen LogP) is 2.72. The summed E-state index contributed by atoms with van der Waals surface area (Å²) >= 11 is 6.12. The SMILES string of the molecule is CN1C(=O)C2(CC3(CCOCC3)Oc3ccc(-c4cncc(Cl)c4)cc32)N=C1N. The number of benzene rings is 1. The van der Waals surface area contributed by atoms with E-state index >= 15 is 0 Å². The summed E-state index contributed by atoms with van der Waals surface area (Å²) in [6.45, 7) is 1.20. The first kappa shape index (κ1) is 18.4. The van der Waals surface area contributed by atoms with Crippen molar-refractivity contribution >= 4 is 23.5 Å². The number of fused-ring (bicyclic) bond motifs is 2. The molecule has 5 rings (SSSR count). The molecule has 0 aliphatic carbocycles. The fraction of sp³-hybridized carbons (Fsp3) is 0.381. The Kier molecular flexibility index (Phi) is 4.08. The van der Waals surface area contributed by atoms with E-state index in [0.29, 0.717) is 43.2 Å². The number of rotatable bonds is 1. The van der Waals surface area contributed by atoms with Crippen molar-refractivity contribution < 1.29 is 14.3 Å². The van der Waals surface area contributed by atoms with E-state index in [1.165, 1.54) is 4.90 Å². The summed E-state index contributed by atoms with van der Waals surface area (Å²) in [6.07, 6.45) is 5.19. The Morgan fingerprint density at radius 1 is 1.17 bits per heavy atom. The topological polar surface area (TPSA) is 90.0 Å². The molecule has 2 N–H and O–H groups in total. The second-order valence-electron chi connectivity index (χ2n) is 7.87. The van der Waals surface area contributed by atoms with Crippen LogP contribution in [-0.4, -0.2) is 47.6 Å². The molecule has 29 heavy (non-hydrogen) atoms. The summed E-state index contributed by atoms with van der Waals surface area (Å²) < 4.78 is 12.0. The van der Waals surface area contributed by atoms with Crippen molar-refractivity contribution in [3.05, 3.63) is 47.2 Å². The smallest absolute Gasteiger partial charge is 0.261 e. The second-order valence-corrected chi connectivity index (χ2v) is 8.31. The van der Waals surface area contributed by atoms with Gasteiger partial charge in [-0.15, -0.1) is 0 Å². The Bertz CT molecular complexity index is 1030. The number of nitrogens with two attached hydrogens (primary N) is 1. The van der Waals surface area contributed by atoms with E-state index in [0.717, 1.165) is 16.7 Å². The van der Waals surface area contributed by atoms with Crippen LogP contribution < -0.4 is 10.5 Å². The lowest BCUT2D eigenvalue weighted by Gasteiger charge is -2.46. The number of hydrogen-bond donors (Lipinski definition) is 1. The van der Waals surface area contributed by atoms with E-state index in [1.807, 2.05) is 24.3 Å². The fourth-order valence-electron chi connectivity index (χ4n) is 4.53. The molecule has 7 nitrogen and oxygen atoms in total. The lowest BCUT2D eigenvalue weighted by molar-refractivity contribution is -0.137. The van der Waals surface area contributed by atoms with Crippen LogP contribution in [0, 0.1) is 0 Å². The maximum Gasteiger partial charge on any atom is 0.261 e. The van der Waals surface area contributed by atoms with Crippen LogP contribution in [0.5, 0.6) is 5.75 Å². The first-order valence-corrected chi connectivity index (χ1v) is 9.96. The van der Waals surface area contributed by atoms with E-state index in [1.54, 1.807) is 19.4 Å². The highest BCUT2D eigenvalue weighted by Gasteiger charge is 2.58. The van der Waals surface area contributed by atoms with Crippen LogP contribution in [0.15, 0.2) is 41.7 Å². The molecule has 1 fully saturated rings. The average Bonchev–Trinajstić information content (AvgIpc) is 2.92. The average molecular weight is 413 g/mol. The van der Waals surface area contributed by atoms with Crippen molar-refractivity contribution in [1.82, 2.24) is 9.88 Å². The molecule has 0 saturated carbocycles. The quantitative estimate of drug-likeness (QED) is 0.777. The van der Waals surface area contributed by atoms with Gasteiger partial charge >= 0.3 is 0 Å². The molecular formula is C21H21ClN4O3. The van der Waals surface area contributed by atoms with Crippen LogP contribution in [0.1, 0.15) is 24.8 Å². The highest BCUT2D eigenvalue weighted by Crippen LogP contribution is 2.52. The summed E-state index contributed by atoms with van der Waals surface area (Å²) in [5.41, 5.74) is 6.97. The highest BCUT2D eigenvalue weighted by molar-refractivity contribution is 6.30. The van der Waals surface area contributed by atoms with Crippen LogP contribution in [-0.2, 0) is 15.1 Å². The normalized spacial score (nSPS) is 25.1. The summed E-state index contributed by atoms with van der Waals surface area (Å²) in [6, 6.07) is 7.64. The van der Waals surface area contributed by atoms with Gasteiger partial charge in [-0.1, -0.05) is 17.7 Å². The number of pyridine rings is 1. The first-order chi connectivity index (χ1) is 13.9. The third-order valence-corrected chi connectivity index (χ3v) is 6.29. The number of ether oxygens (including phenoxy) is 2. The van der Waals surface area contributed by atoms with Gasteiger partial charge < -0.3 is 15.2 Å². The monoisotopic (exact) mass is 412 g/mol. The molecule has 150 valence electrons. The Morgan fingerprint density at radius 3 is 2.66 bits per heavy atom. The molecule has 4 heterocycles. The molecule has 1 saturated heterocycles. The molecule has 1 aromatic carbocycles. The highest BCUT2D eigenvalue weighted by atomic mass is 35.5. The zero-order chi connectivity index (χ0) is 20.2. The molecule has 1 atom stereocenters. The zero-order valence-corrected chi connectivity index (χ0v) is 16.8. The Balaban J connectivity index is 1.69. The van der Waals surface area contributed by atoms with E-state index in [9.17, 15) is 4.79 Å². The molecular weight excluding hydrogens is 392 g/mol. The summed E-state index contributed by atoms with van der Waals surface area (Å²) in [5.74, 6) is 0.753. The Hall–Kier alpha value is -2.64. The summed E-state index contributed by atoms with van der Waals surface area (Å²) in [7, 11) is 1.66. The van der Waals surface area contributed by atoms with Gasteiger partial charge in [-0.05, 0) is 23.8 Å². The van der Waals surface area contributed by atoms with Gasteiger partial charge in [-0.3, -0.25) is 14.7 Å². The number of nitrogens with zero attached hydrogens (tertiary/aromatic N) is 3. The first-order valence-electron chi connectivity index (χ1n) is 9.58. The van der Waals surface area contributed by atoms with Crippen LogP contribution in [0.2, 0.25) is 5.02 Å². The molecule has 1 aromatic heterocycles. The number of likely N-dealkylation sites (N-methyl/N-ethyl adjacent to an activating group) is 1. The van der Waals surface area contributed by atoms with Crippen molar-refractivity contribution in [1.29, 1.82) is 0 Å². The van der Waals surface area contributed by atoms with Crippen molar-refractivity contribution in [3.8, 4) is 16.9 Å². The van der Waals surface area contributed by atoms with Gasteiger partial charge in [0.1, 0.15) is 11.4 Å². The maximum atomic E-state index is 13.4. The molecule has 3 aliphatic heterocycles.